The number of ether oxygens (including phenoxy) is 3. The summed E-state index contributed by atoms with van der Waals surface area (Å²) < 4.78 is 44.0. The van der Waals surface area contributed by atoms with E-state index < -0.39 is 20.9 Å². The molecule has 34 heavy (non-hydrogen) atoms. The summed E-state index contributed by atoms with van der Waals surface area (Å²) in [5, 5.41) is 13.4. The van der Waals surface area contributed by atoms with Gasteiger partial charge in [-0.2, -0.15) is 0 Å². The lowest BCUT2D eigenvalue weighted by atomic mass is 10.3. The van der Waals surface area contributed by atoms with Gasteiger partial charge in [0.1, 0.15) is 19.0 Å². The van der Waals surface area contributed by atoms with E-state index in [1.54, 1.807) is 0 Å². The lowest BCUT2D eigenvalue weighted by Crippen LogP contribution is -2.20. The summed E-state index contributed by atoms with van der Waals surface area (Å²) in [6.07, 6.45) is 0. The van der Waals surface area contributed by atoms with E-state index in [9.17, 15) is 23.3 Å². The van der Waals surface area contributed by atoms with Crippen LogP contribution < -0.4 is 24.2 Å². The van der Waals surface area contributed by atoms with Gasteiger partial charge in [0.25, 0.3) is 21.6 Å². The first-order chi connectivity index (χ1) is 16.3. The Morgan fingerprint density at radius 3 is 2.41 bits per heavy atom. The van der Waals surface area contributed by atoms with E-state index in [0.717, 1.165) is 0 Å². The highest BCUT2D eigenvalue weighted by Crippen LogP contribution is 2.32. The van der Waals surface area contributed by atoms with Gasteiger partial charge in [-0.15, -0.1) is 0 Å². The van der Waals surface area contributed by atoms with Crippen molar-refractivity contribution in [3.05, 3.63) is 76.8 Å². The van der Waals surface area contributed by atoms with E-state index in [2.05, 4.69) is 10.0 Å². The van der Waals surface area contributed by atoms with Crippen molar-refractivity contribution >= 4 is 33.0 Å². The van der Waals surface area contributed by atoms with E-state index in [1.165, 1.54) is 66.7 Å². The molecule has 1 aliphatic rings. The Kier molecular flexibility index (Phi) is 6.50. The first kappa shape index (κ1) is 22.9. The molecule has 176 valence electrons. The molecule has 0 bridgehead atoms. The van der Waals surface area contributed by atoms with Crippen LogP contribution >= 0.6 is 0 Å². The predicted molar refractivity (Wildman–Crippen MR) is 122 cm³/mol. The van der Waals surface area contributed by atoms with Crippen LogP contribution in [0.2, 0.25) is 0 Å². The fourth-order valence-corrected chi connectivity index (χ4v) is 4.13. The minimum atomic E-state index is -3.87. The Balaban J connectivity index is 1.34. The predicted octanol–water partition coefficient (Wildman–Crippen LogP) is 3.18. The van der Waals surface area contributed by atoms with Crippen LogP contribution in [0.25, 0.3) is 0 Å². The van der Waals surface area contributed by atoms with Crippen LogP contribution in [0.5, 0.6) is 17.2 Å². The van der Waals surface area contributed by atoms with Crippen molar-refractivity contribution < 1.29 is 32.3 Å². The van der Waals surface area contributed by atoms with Crippen molar-refractivity contribution in [2.45, 2.75) is 4.90 Å². The lowest BCUT2D eigenvalue weighted by molar-refractivity contribution is -0.384. The second kappa shape index (κ2) is 9.67. The van der Waals surface area contributed by atoms with Crippen LogP contribution in [0.3, 0.4) is 0 Å². The Morgan fingerprint density at radius 2 is 1.68 bits per heavy atom. The zero-order valence-corrected chi connectivity index (χ0v) is 18.4. The largest absolute Gasteiger partial charge is 0.486 e. The molecule has 0 fully saturated rings. The molecule has 11 nitrogen and oxygen atoms in total. The molecule has 2 N–H and O–H groups in total. The van der Waals surface area contributed by atoms with Crippen LogP contribution in [-0.4, -0.2) is 39.1 Å². The van der Waals surface area contributed by atoms with Gasteiger partial charge in [0.05, 0.1) is 15.9 Å². The number of benzene rings is 3. The molecule has 12 heteroatoms. The number of rotatable bonds is 8. The molecule has 0 radical (unpaired) electrons. The number of nitrogens with zero attached hydrogens (tertiary/aromatic N) is 1. The summed E-state index contributed by atoms with van der Waals surface area (Å²) in [4.78, 5) is 22.4. The first-order valence-corrected chi connectivity index (χ1v) is 11.5. The summed E-state index contributed by atoms with van der Waals surface area (Å²) in [5.74, 6) is 0.545. The van der Waals surface area contributed by atoms with Crippen molar-refractivity contribution in [3.8, 4) is 17.2 Å². The number of hydrogen-bond acceptors (Lipinski definition) is 8. The number of amides is 1. The Labute approximate surface area is 194 Å². The molecule has 1 heterocycles. The van der Waals surface area contributed by atoms with Gasteiger partial charge < -0.3 is 19.5 Å². The maximum absolute atomic E-state index is 12.7. The van der Waals surface area contributed by atoms with E-state index in [1.807, 2.05) is 0 Å². The van der Waals surface area contributed by atoms with Crippen molar-refractivity contribution in [2.24, 2.45) is 0 Å². The lowest BCUT2D eigenvalue weighted by Gasteiger charge is -2.19. The zero-order valence-electron chi connectivity index (χ0n) is 17.6. The van der Waals surface area contributed by atoms with Crippen LogP contribution in [0.1, 0.15) is 0 Å². The van der Waals surface area contributed by atoms with Gasteiger partial charge in [-0.25, -0.2) is 8.42 Å². The van der Waals surface area contributed by atoms with E-state index in [0.29, 0.717) is 36.1 Å². The van der Waals surface area contributed by atoms with Gasteiger partial charge in [0.15, 0.2) is 18.1 Å². The highest BCUT2D eigenvalue weighted by molar-refractivity contribution is 7.92. The molecule has 3 aromatic rings. The molecule has 0 atom stereocenters. The van der Waals surface area contributed by atoms with Crippen molar-refractivity contribution in [2.75, 3.05) is 29.9 Å². The van der Waals surface area contributed by atoms with Crippen LogP contribution in [-0.2, 0) is 14.8 Å². The second-order valence-electron chi connectivity index (χ2n) is 7.08. The average Bonchev–Trinajstić information content (AvgIpc) is 2.83. The molecule has 0 saturated heterocycles. The van der Waals surface area contributed by atoms with Crippen LogP contribution in [0.15, 0.2) is 71.6 Å². The second-order valence-corrected chi connectivity index (χ2v) is 8.76. The van der Waals surface area contributed by atoms with E-state index in [4.69, 9.17) is 14.2 Å². The summed E-state index contributed by atoms with van der Waals surface area (Å²) >= 11 is 0. The molecule has 1 amide bonds. The van der Waals surface area contributed by atoms with Gasteiger partial charge in [-0.1, -0.05) is 6.07 Å². The monoisotopic (exact) mass is 485 g/mol. The van der Waals surface area contributed by atoms with Crippen LogP contribution in [0, 0.1) is 10.1 Å². The number of sulfonamides is 1. The van der Waals surface area contributed by atoms with Crippen molar-refractivity contribution in [1.82, 2.24) is 0 Å². The first-order valence-electron chi connectivity index (χ1n) is 10.00. The molecule has 0 spiro atoms. The topological polar surface area (TPSA) is 146 Å². The van der Waals surface area contributed by atoms with Gasteiger partial charge >= 0.3 is 0 Å². The Morgan fingerprint density at radius 1 is 0.971 bits per heavy atom. The number of fused-ring (bicyclic) bond motifs is 1. The smallest absolute Gasteiger partial charge is 0.273 e. The third-order valence-corrected chi connectivity index (χ3v) is 6.02. The van der Waals surface area contributed by atoms with Gasteiger partial charge in [0, 0.05) is 23.5 Å². The quantitative estimate of drug-likeness (QED) is 0.365. The zero-order chi connectivity index (χ0) is 24.1. The number of nitro groups is 1. The number of carbonyl (C=O) groups is 1. The SMILES string of the molecule is O=C(COc1cccc([N+](=O)[O-])c1)Nc1ccc(NS(=O)(=O)c2ccc3c(c2)OCCO3)cc1. The van der Waals surface area contributed by atoms with Gasteiger partial charge in [0.2, 0.25) is 0 Å². The maximum atomic E-state index is 12.7. The third kappa shape index (κ3) is 5.53. The maximum Gasteiger partial charge on any atom is 0.273 e. The fourth-order valence-electron chi connectivity index (χ4n) is 3.06. The molecule has 1 aliphatic heterocycles. The van der Waals surface area contributed by atoms with E-state index in [-0.39, 0.29) is 22.9 Å². The summed E-state index contributed by atoms with van der Waals surface area (Å²) in [5.41, 5.74) is 0.558. The highest BCUT2D eigenvalue weighted by Gasteiger charge is 2.19. The summed E-state index contributed by atoms with van der Waals surface area (Å²) in [7, 11) is -3.87. The van der Waals surface area contributed by atoms with Gasteiger partial charge in [-0.05, 0) is 42.5 Å². The van der Waals surface area contributed by atoms with Crippen molar-refractivity contribution in [1.29, 1.82) is 0 Å². The fraction of sp³-hybridized carbons (Fsp3) is 0.136. The molecule has 4 rings (SSSR count). The highest BCUT2D eigenvalue weighted by atomic mass is 32.2. The minimum absolute atomic E-state index is 0.0208. The molecule has 0 aliphatic carbocycles. The number of nitrogens with one attached hydrogen (secondary N) is 2. The molecular weight excluding hydrogens is 466 g/mol. The number of nitro benzene ring substituents is 1. The van der Waals surface area contributed by atoms with Crippen LogP contribution in [0.4, 0.5) is 17.1 Å². The molecule has 3 aromatic carbocycles. The summed E-state index contributed by atoms with van der Waals surface area (Å²) in [6.45, 7) is 0.383. The number of hydrogen-bond donors (Lipinski definition) is 2. The number of non-ortho nitro benzene ring substituents is 1. The Bertz CT molecular complexity index is 1330. The summed E-state index contributed by atoms with van der Waals surface area (Å²) in [6, 6.07) is 15.9. The Hall–Kier alpha value is -4.32. The van der Waals surface area contributed by atoms with Crippen molar-refractivity contribution in [3.63, 3.8) is 0 Å². The molecule has 0 saturated carbocycles. The normalized spacial score (nSPS) is 12.5. The third-order valence-electron chi connectivity index (χ3n) is 4.64. The van der Waals surface area contributed by atoms with E-state index >= 15 is 0 Å². The molecule has 0 aromatic heterocycles. The minimum Gasteiger partial charge on any atom is -0.486 e. The number of anilines is 2. The molecular formula is C22H19N3O8S. The standard InChI is InChI=1S/C22H19N3O8S/c26-22(14-33-18-3-1-2-17(12-18)25(27)28)23-15-4-6-16(7-5-15)24-34(29,30)19-8-9-20-21(13-19)32-11-10-31-20/h1-9,12-13,24H,10-11,14H2,(H,23,26). The average molecular weight is 485 g/mol. The molecule has 0 unspecified atom stereocenters. The number of carbonyl (C=O) groups excluding carboxylic acids is 1. The van der Waals surface area contributed by atoms with Gasteiger partial charge in [-0.3, -0.25) is 19.6 Å².